The van der Waals surface area contributed by atoms with E-state index in [4.69, 9.17) is 10.5 Å². The van der Waals surface area contributed by atoms with Gasteiger partial charge < -0.3 is 15.8 Å². The second-order valence-corrected chi connectivity index (χ2v) is 4.69. The van der Waals surface area contributed by atoms with Gasteiger partial charge in [-0.3, -0.25) is 9.78 Å². The first kappa shape index (κ1) is 12.8. The molecule has 1 aliphatic carbocycles. The van der Waals surface area contributed by atoms with Gasteiger partial charge in [0.1, 0.15) is 0 Å². The maximum absolute atomic E-state index is 12.2. The summed E-state index contributed by atoms with van der Waals surface area (Å²) in [6, 6.07) is 1.75. The van der Waals surface area contributed by atoms with E-state index in [9.17, 15) is 4.79 Å². The first-order valence-electron chi connectivity index (χ1n) is 6.17. The van der Waals surface area contributed by atoms with Gasteiger partial charge in [0.05, 0.1) is 35.3 Å². The van der Waals surface area contributed by atoms with Gasteiger partial charge in [-0.2, -0.15) is 0 Å². The number of rotatable bonds is 3. The van der Waals surface area contributed by atoms with Crippen LogP contribution in [0.5, 0.6) is 0 Å². The number of nitrogen functional groups attached to an aromatic ring is 1. The van der Waals surface area contributed by atoms with Crippen LogP contribution in [-0.4, -0.2) is 30.1 Å². The van der Waals surface area contributed by atoms with Crippen LogP contribution in [0.2, 0.25) is 0 Å². The van der Waals surface area contributed by atoms with Crippen LogP contribution in [0.3, 0.4) is 0 Å². The van der Waals surface area contributed by atoms with Gasteiger partial charge in [-0.25, -0.2) is 0 Å². The minimum Gasteiger partial charge on any atom is -0.397 e. The van der Waals surface area contributed by atoms with E-state index in [0.717, 1.165) is 19.3 Å². The summed E-state index contributed by atoms with van der Waals surface area (Å²) in [5, 5.41) is 3.00. The molecule has 1 saturated carbocycles. The number of methoxy groups -OCH3 is 1. The van der Waals surface area contributed by atoms with E-state index in [2.05, 4.69) is 10.3 Å². The predicted octanol–water partition coefficient (Wildman–Crippen LogP) is 1.27. The van der Waals surface area contributed by atoms with E-state index in [1.54, 1.807) is 26.3 Å². The summed E-state index contributed by atoms with van der Waals surface area (Å²) in [6.45, 7) is 1.80. The van der Waals surface area contributed by atoms with Crippen LogP contribution < -0.4 is 11.1 Å². The Morgan fingerprint density at radius 1 is 1.56 bits per heavy atom. The molecule has 1 aliphatic rings. The summed E-state index contributed by atoms with van der Waals surface area (Å²) in [5.41, 5.74) is 7.39. The Kier molecular flexibility index (Phi) is 3.81. The van der Waals surface area contributed by atoms with Crippen LogP contribution in [0, 0.1) is 6.92 Å². The highest BCUT2D eigenvalue weighted by Gasteiger charge is 2.29. The van der Waals surface area contributed by atoms with Crippen LogP contribution in [0.25, 0.3) is 0 Å². The van der Waals surface area contributed by atoms with Crippen LogP contribution in [0.4, 0.5) is 5.69 Å². The molecule has 5 nitrogen and oxygen atoms in total. The lowest BCUT2D eigenvalue weighted by Gasteiger charge is -2.20. The maximum atomic E-state index is 12.2. The molecule has 1 fully saturated rings. The molecule has 3 N–H and O–H groups in total. The fourth-order valence-electron chi connectivity index (χ4n) is 2.40. The number of carbonyl (C=O) groups is 1. The Bertz CT molecular complexity index is 448. The molecular weight excluding hydrogens is 230 g/mol. The first-order chi connectivity index (χ1) is 8.61. The number of anilines is 1. The number of nitrogens with zero attached hydrogens (tertiary/aromatic N) is 1. The van der Waals surface area contributed by atoms with Crippen molar-refractivity contribution in [3.05, 3.63) is 23.5 Å². The van der Waals surface area contributed by atoms with E-state index in [1.165, 1.54) is 0 Å². The van der Waals surface area contributed by atoms with Gasteiger partial charge in [0, 0.05) is 7.11 Å². The summed E-state index contributed by atoms with van der Waals surface area (Å²) < 4.78 is 5.36. The number of aryl methyl sites for hydroxylation is 1. The Morgan fingerprint density at radius 2 is 2.33 bits per heavy atom. The lowest BCUT2D eigenvalue weighted by atomic mass is 10.1. The van der Waals surface area contributed by atoms with E-state index < -0.39 is 0 Å². The molecule has 1 amide bonds. The van der Waals surface area contributed by atoms with Crippen molar-refractivity contribution in [2.24, 2.45) is 0 Å². The highest BCUT2D eigenvalue weighted by atomic mass is 16.5. The minimum absolute atomic E-state index is 0.0864. The summed E-state index contributed by atoms with van der Waals surface area (Å²) in [5.74, 6) is -0.124. The topological polar surface area (TPSA) is 77.2 Å². The molecule has 0 aromatic carbocycles. The van der Waals surface area contributed by atoms with Crippen LogP contribution in [-0.2, 0) is 4.74 Å². The lowest BCUT2D eigenvalue weighted by Crippen LogP contribution is -2.41. The Balaban J connectivity index is 2.09. The lowest BCUT2D eigenvalue weighted by molar-refractivity contribution is 0.0721. The third-order valence-corrected chi connectivity index (χ3v) is 3.42. The van der Waals surface area contributed by atoms with Crippen molar-refractivity contribution in [1.82, 2.24) is 10.3 Å². The van der Waals surface area contributed by atoms with Crippen molar-refractivity contribution < 1.29 is 9.53 Å². The summed E-state index contributed by atoms with van der Waals surface area (Å²) in [4.78, 5) is 16.3. The smallest absolute Gasteiger partial charge is 0.253 e. The standard InChI is InChI=1S/C13H19N3O2/c1-8-10(6-9(14)7-15-8)13(17)16-11-4-3-5-12(11)18-2/h6-7,11-12H,3-5,14H2,1-2H3,(H,16,17). The molecule has 2 atom stereocenters. The fourth-order valence-corrected chi connectivity index (χ4v) is 2.40. The van der Waals surface area contributed by atoms with Gasteiger partial charge in [-0.15, -0.1) is 0 Å². The average Bonchev–Trinajstić information content (AvgIpc) is 2.79. The number of amides is 1. The number of hydrogen-bond acceptors (Lipinski definition) is 4. The second-order valence-electron chi connectivity index (χ2n) is 4.69. The van der Waals surface area contributed by atoms with E-state index >= 15 is 0 Å². The Hall–Kier alpha value is -1.62. The highest BCUT2D eigenvalue weighted by Crippen LogP contribution is 2.22. The molecule has 1 heterocycles. The molecule has 98 valence electrons. The zero-order chi connectivity index (χ0) is 13.1. The molecule has 2 rings (SSSR count). The minimum atomic E-state index is -0.124. The van der Waals surface area contributed by atoms with Gasteiger partial charge >= 0.3 is 0 Å². The molecule has 0 bridgehead atoms. The summed E-state index contributed by atoms with van der Waals surface area (Å²) in [7, 11) is 1.68. The molecule has 18 heavy (non-hydrogen) atoms. The molecule has 0 saturated heterocycles. The van der Waals surface area contributed by atoms with Crippen molar-refractivity contribution in [1.29, 1.82) is 0 Å². The summed E-state index contributed by atoms with van der Waals surface area (Å²) in [6.07, 6.45) is 4.70. The Morgan fingerprint density at radius 3 is 3.06 bits per heavy atom. The molecule has 1 aromatic rings. The SMILES string of the molecule is COC1CCCC1NC(=O)c1cc(N)cnc1C. The van der Waals surface area contributed by atoms with Gasteiger partial charge in [0.15, 0.2) is 0 Å². The number of nitrogens with one attached hydrogen (secondary N) is 1. The summed E-state index contributed by atoms with van der Waals surface area (Å²) >= 11 is 0. The Labute approximate surface area is 107 Å². The molecule has 2 unspecified atom stereocenters. The fraction of sp³-hybridized carbons (Fsp3) is 0.538. The van der Waals surface area contributed by atoms with Gasteiger partial charge in [0.25, 0.3) is 5.91 Å². The number of aromatic nitrogens is 1. The second kappa shape index (κ2) is 5.35. The van der Waals surface area contributed by atoms with Crippen molar-refractivity contribution in [2.45, 2.75) is 38.3 Å². The van der Waals surface area contributed by atoms with E-state index in [1.807, 2.05) is 0 Å². The molecule has 0 spiro atoms. The molecule has 1 aromatic heterocycles. The third kappa shape index (κ3) is 2.61. The number of pyridine rings is 1. The largest absolute Gasteiger partial charge is 0.397 e. The monoisotopic (exact) mass is 249 g/mol. The van der Waals surface area contributed by atoms with Crippen LogP contribution in [0.15, 0.2) is 12.3 Å². The number of carbonyl (C=O) groups excluding carboxylic acids is 1. The van der Waals surface area contributed by atoms with E-state index in [-0.39, 0.29) is 18.1 Å². The molecule has 5 heteroatoms. The zero-order valence-electron chi connectivity index (χ0n) is 10.8. The quantitative estimate of drug-likeness (QED) is 0.845. The highest BCUT2D eigenvalue weighted by molar-refractivity contribution is 5.96. The maximum Gasteiger partial charge on any atom is 0.253 e. The molecule has 0 aliphatic heterocycles. The van der Waals surface area contributed by atoms with Crippen LogP contribution >= 0.6 is 0 Å². The van der Waals surface area contributed by atoms with Gasteiger partial charge in [-0.05, 0) is 32.3 Å². The third-order valence-electron chi connectivity index (χ3n) is 3.42. The normalized spacial score (nSPS) is 23.0. The molecule has 0 radical (unpaired) electrons. The van der Waals surface area contributed by atoms with Crippen LogP contribution in [0.1, 0.15) is 35.3 Å². The van der Waals surface area contributed by atoms with Gasteiger partial charge in [0.2, 0.25) is 0 Å². The number of hydrogen-bond donors (Lipinski definition) is 2. The number of ether oxygens (including phenoxy) is 1. The van der Waals surface area contributed by atoms with Gasteiger partial charge in [-0.1, -0.05) is 0 Å². The number of nitrogens with two attached hydrogens (primary N) is 1. The van der Waals surface area contributed by atoms with Crippen molar-refractivity contribution in [3.8, 4) is 0 Å². The van der Waals surface area contributed by atoms with Crippen molar-refractivity contribution >= 4 is 11.6 Å². The van der Waals surface area contributed by atoms with E-state index in [0.29, 0.717) is 16.9 Å². The van der Waals surface area contributed by atoms with Crippen molar-refractivity contribution in [2.75, 3.05) is 12.8 Å². The molecular formula is C13H19N3O2. The van der Waals surface area contributed by atoms with Crippen molar-refractivity contribution in [3.63, 3.8) is 0 Å². The zero-order valence-corrected chi connectivity index (χ0v) is 10.8. The first-order valence-corrected chi connectivity index (χ1v) is 6.17. The average molecular weight is 249 g/mol. The predicted molar refractivity (Wildman–Crippen MR) is 69.3 cm³/mol.